The van der Waals surface area contributed by atoms with E-state index < -0.39 is 6.10 Å². The molecule has 0 heterocycles. The lowest BCUT2D eigenvalue weighted by molar-refractivity contribution is -0.123. The normalized spacial score (nSPS) is 13.9. The molecule has 1 aromatic carbocycles. The lowest BCUT2D eigenvalue weighted by Crippen LogP contribution is -2.36. The number of aliphatic hydroxyl groups excluding tert-OH is 1. The first kappa shape index (κ1) is 16.5. The Bertz CT molecular complexity index is 431. The summed E-state index contributed by atoms with van der Waals surface area (Å²) < 4.78 is 5.77. The average Bonchev–Trinajstić information content (AvgIpc) is 2.39. The van der Waals surface area contributed by atoms with Gasteiger partial charge in [-0.2, -0.15) is 0 Å². The van der Waals surface area contributed by atoms with E-state index in [-0.39, 0.29) is 24.3 Å². The van der Waals surface area contributed by atoms with Crippen molar-refractivity contribution < 1.29 is 14.6 Å². The number of nitrogens with one attached hydrogen (secondary N) is 1. The molecule has 1 rings (SSSR count). The fourth-order valence-electron chi connectivity index (χ4n) is 1.70. The SMILES string of the molecule is Cc1ccccc1OC(C)CNC(=O)CC(O)C(C)C. The number of carbonyl (C=O) groups excluding carboxylic acids is 1. The number of aliphatic hydroxyl groups is 1. The highest BCUT2D eigenvalue weighted by atomic mass is 16.5. The molecule has 0 saturated carbocycles. The predicted octanol–water partition coefficient (Wildman–Crippen LogP) is 2.29. The summed E-state index contributed by atoms with van der Waals surface area (Å²) >= 11 is 0. The van der Waals surface area contributed by atoms with Crippen LogP contribution in [0.5, 0.6) is 5.75 Å². The zero-order chi connectivity index (χ0) is 15.1. The van der Waals surface area contributed by atoms with E-state index in [0.29, 0.717) is 6.54 Å². The monoisotopic (exact) mass is 279 g/mol. The molecule has 20 heavy (non-hydrogen) atoms. The van der Waals surface area contributed by atoms with Gasteiger partial charge in [-0.1, -0.05) is 32.0 Å². The van der Waals surface area contributed by atoms with Gasteiger partial charge in [0, 0.05) is 0 Å². The van der Waals surface area contributed by atoms with Crippen molar-refractivity contribution in [2.45, 2.75) is 46.3 Å². The second-order valence-corrected chi connectivity index (χ2v) is 5.51. The maximum atomic E-state index is 11.7. The van der Waals surface area contributed by atoms with Crippen LogP contribution in [0, 0.1) is 12.8 Å². The summed E-state index contributed by atoms with van der Waals surface area (Å²) in [6.07, 6.45) is -0.576. The lowest BCUT2D eigenvalue weighted by Gasteiger charge is -2.18. The zero-order valence-electron chi connectivity index (χ0n) is 12.7. The summed E-state index contributed by atoms with van der Waals surface area (Å²) in [5.41, 5.74) is 1.07. The van der Waals surface area contributed by atoms with Crippen LogP contribution in [0.2, 0.25) is 0 Å². The van der Waals surface area contributed by atoms with Crippen LogP contribution < -0.4 is 10.1 Å². The molecule has 2 unspecified atom stereocenters. The van der Waals surface area contributed by atoms with Gasteiger partial charge in [-0.3, -0.25) is 4.79 Å². The van der Waals surface area contributed by atoms with Crippen molar-refractivity contribution in [1.82, 2.24) is 5.32 Å². The standard InChI is InChI=1S/C16H25NO3/c1-11(2)14(18)9-16(19)17-10-13(4)20-15-8-6-5-7-12(15)3/h5-8,11,13-14,18H,9-10H2,1-4H3,(H,17,19). The molecule has 0 saturated heterocycles. The highest BCUT2D eigenvalue weighted by Crippen LogP contribution is 2.17. The van der Waals surface area contributed by atoms with Gasteiger partial charge in [0.15, 0.2) is 0 Å². The molecule has 112 valence electrons. The van der Waals surface area contributed by atoms with Gasteiger partial charge in [0.2, 0.25) is 5.91 Å². The summed E-state index contributed by atoms with van der Waals surface area (Å²) in [6.45, 7) is 8.10. The molecule has 2 atom stereocenters. The van der Waals surface area contributed by atoms with E-state index in [1.165, 1.54) is 0 Å². The van der Waals surface area contributed by atoms with E-state index in [2.05, 4.69) is 5.32 Å². The van der Waals surface area contributed by atoms with Crippen LogP contribution in [-0.4, -0.2) is 29.8 Å². The number of aryl methyl sites for hydroxylation is 1. The summed E-state index contributed by atoms with van der Waals surface area (Å²) in [7, 11) is 0. The van der Waals surface area contributed by atoms with Gasteiger partial charge in [0.05, 0.1) is 19.1 Å². The van der Waals surface area contributed by atoms with E-state index in [0.717, 1.165) is 11.3 Å². The van der Waals surface area contributed by atoms with E-state index in [1.54, 1.807) is 0 Å². The molecular formula is C16H25NO3. The Hall–Kier alpha value is -1.55. The molecule has 1 amide bonds. The van der Waals surface area contributed by atoms with Crippen molar-refractivity contribution in [2.75, 3.05) is 6.54 Å². The number of ether oxygens (including phenoxy) is 1. The topological polar surface area (TPSA) is 58.6 Å². The maximum Gasteiger partial charge on any atom is 0.222 e. The molecule has 0 spiro atoms. The minimum Gasteiger partial charge on any atom is -0.489 e. The van der Waals surface area contributed by atoms with E-state index in [4.69, 9.17) is 4.74 Å². The molecule has 4 heteroatoms. The number of rotatable bonds is 7. The zero-order valence-corrected chi connectivity index (χ0v) is 12.7. The number of benzene rings is 1. The van der Waals surface area contributed by atoms with Crippen molar-refractivity contribution in [1.29, 1.82) is 0 Å². The molecule has 0 aromatic heterocycles. The van der Waals surface area contributed by atoms with Crippen LogP contribution in [0.15, 0.2) is 24.3 Å². The van der Waals surface area contributed by atoms with Crippen LogP contribution in [0.1, 0.15) is 32.8 Å². The van der Waals surface area contributed by atoms with Crippen LogP contribution in [0.4, 0.5) is 0 Å². The molecule has 0 radical (unpaired) electrons. The largest absolute Gasteiger partial charge is 0.489 e. The smallest absolute Gasteiger partial charge is 0.222 e. The third-order valence-corrected chi connectivity index (χ3v) is 3.17. The minimum absolute atomic E-state index is 0.0846. The van der Waals surface area contributed by atoms with Crippen LogP contribution in [0.3, 0.4) is 0 Å². The predicted molar refractivity (Wildman–Crippen MR) is 79.7 cm³/mol. The van der Waals surface area contributed by atoms with Gasteiger partial charge >= 0.3 is 0 Å². The van der Waals surface area contributed by atoms with Crippen molar-refractivity contribution in [2.24, 2.45) is 5.92 Å². The number of carbonyl (C=O) groups is 1. The third-order valence-electron chi connectivity index (χ3n) is 3.17. The van der Waals surface area contributed by atoms with E-state index in [9.17, 15) is 9.90 Å². The highest BCUT2D eigenvalue weighted by molar-refractivity contribution is 5.76. The first-order valence-corrected chi connectivity index (χ1v) is 7.07. The van der Waals surface area contributed by atoms with Crippen molar-refractivity contribution >= 4 is 5.91 Å². The van der Waals surface area contributed by atoms with Gasteiger partial charge < -0.3 is 15.2 Å². The van der Waals surface area contributed by atoms with Gasteiger partial charge in [0.1, 0.15) is 11.9 Å². The summed E-state index contributed by atoms with van der Waals surface area (Å²) in [5.74, 6) is 0.768. The Balaban J connectivity index is 2.35. The van der Waals surface area contributed by atoms with Crippen molar-refractivity contribution in [3.63, 3.8) is 0 Å². The fraction of sp³-hybridized carbons (Fsp3) is 0.562. The van der Waals surface area contributed by atoms with Gasteiger partial charge in [-0.05, 0) is 31.4 Å². The first-order valence-electron chi connectivity index (χ1n) is 7.07. The Labute approximate surface area is 121 Å². The quantitative estimate of drug-likeness (QED) is 0.805. The molecular weight excluding hydrogens is 254 g/mol. The lowest BCUT2D eigenvalue weighted by atomic mass is 10.0. The van der Waals surface area contributed by atoms with Gasteiger partial charge in [0.25, 0.3) is 0 Å². The Morgan fingerprint density at radius 3 is 2.55 bits per heavy atom. The molecule has 0 fully saturated rings. The summed E-state index contributed by atoms with van der Waals surface area (Å²) in [6, 6.07) is 7.78. The number of para-hydroxylation sites is 1. The molecule has 2 N–H and O–H groups in total. The average molecular weight is 279 g/mol. The number of amides is 1. The van der Waals surface area contributed by atoms with Crippen LogP contribution in [0.25, 0.3) is 0 Å². The van der Waals surface area contributed by atoms with Gasteiger partial charge in [-0.25, -0.2) is 0 Å². The van der Waals surface area contributed by atoms with Crippen LogP contribution >= 0.6 is 0 Å². The third kappa shape index (κ3) is 5.61. The second-order valence-electron chi connectivity index (χ2n) is 5.51. The minimum atomic E-state index is -0.595. The van der Waals surface area contributed by atoms with E-state index in [1.807, 2.05) is 52.0 Å². The second kappa shape index (κ2) is 7.90. The molecule has 4 nitrogen and oxygen atoms in total. The summed E-state index contributed by atoms with van der Waals surface area (Å²) in [4.78, 5) is 11.7. The van der Waals surface area contributed by atoms with Crippen molar-refractivity contribution in [3.05, 3.63) is 29.8 Å². The molecule has 0 aliphatic carbocycles. The molecule has 0 aliphatic heterocycles. The molecule has 0 aliphatic rings. The Kier molecular flexibility index (Phi) is 6.52. The first-order chi connectivity index (χ1) is 9.40. The molecule has 1 aromatic rings. The fourth-order valence-corrected chi connectivity index (χ4v) is 1.70. The Morgan fingerprint density at radius 1 is 1.30 bits per heavy atom. The van der Waals surface area contributed by atoms with Gasteiger partial charge in [-0.15, -0.1) is 0 Å². The highest BCUT2D eigenvalue weighted by Gasteiger charge is 2.15. The van der Waals surface area contributed by atoms with E-state index >= 15 is 0 Å². The summed E-state index contributed by atoms with van der Waals surface area (Å²) in [5, 5.41) is 12.4. The maximum absolute atomic E-state index is 11.7. The number of hydrogen-bond acceptors (Lipinski definition) is 3. The number of hydrogen-bond donors (Lipinski definition) is 2. The van der Waals surface area contributed by atoms with Crippen molar-refractivity contribution in [3.8, 4) is 5.75 Å². The van der Waals surface area contributed by atoms with Crippen LogP contribution in [-0.2, 0) is 4.79 Å². The molecule has 0 bridgehead atoms. The Morgan fingerprint density at radius 2 is 1.95 bits per heavy atom.